The first-order chi connectivity index (χ1) is 33.2. The summed E-state index contributed by atoms with van der Waals surface area (Å²) < 4.78 is 7.54. The Morgan fingerprint density at radius 1 is 0.358 bits per heavy atom. The van der Waals surface area contributed by atoms with Crippen molar-refractivity contribution >= 4 is 65.4 Å². The summed E-state index contributed by atoms with van der Waals surface area (Å²) in [5, 5.41) is 7.38. The number of fused-ring (bicyclic) bond motifs is 12. The average Bonchev–Trinajstić information content (AvgIpc) is 4.03. The lowest BCUT2D eigenvalue weighted by Crippen LogP contribution is -2.49. The summed E-state index contributed by atoms with van der Waals surface area (Å²) >= 11 is 0. The third kappa shape index (κ3) is 5.41. The van der Waals surface area contributed by atoms with Crippen LogP contribution in [-0.4, -0.2) is 28.7 Å². The molecule has 16 rings (SSSR count). The van der Waals surface area contributed by atoms with Gasteiger partial charge in [-0.15, -0.1) is 0 Å². The molecule has 0 amide bonds. The zero-order valence-electron chi connectivity index (χ0n) is 37.1. The van der Waals surface area contributed by atoms with Gasteiger partial charge in [0.05, 0.1) is 33.1 Å². The Morgan fingerprint density at radius 2 is 0.761 bits per heavy atom. The first kappa shape index (κ1) is 37.4. The second-order valence-electron chi connectivity index (χ2n) is 19.8. The van der Waals surface area contributed by atoms with E-state index in [0.717, 1.165) is 68.9 Å². The van der Waals surface area contributed by atoms with E-state index < -0.39 is 0 Å². The molecule has 4 bridgehead atoms. The minimum absolute atomic E-state index is 0.0172. The van der Waals surface area contributed by atoms with Crippen LogP contribution in [0.1, 0.15) is 44.3 Å². The van der Waals surface area contributed by atoms with E-state index in [4.69, 9.17) is 15.0 Å². The normalized spacial score (nSPS) is 20.1. The Balaban J connectivity index is 1.07. The number of aromatic nitrogens is 6. The number of rotatable bonds is 6. The highest BCUT2D eigenvalue weighted by Crippen LogP contribution is 2.60. The van der Waals surface area contributed by atoms with Crippen molar-refractivity contribution in [1.29, 1.82) is 0 Å². The quantitative estimate of drug-likeness (QED) is 0.167. The van der Waals surface area contributed by atoms with Crippen LogP contribution in [0.3, 0.4) is 0 Å². The molecule has 4 heterocycles. The molecule has 4 fully saturated rings. The molecule has 67 heavy (non-hydrogen) atoms. The number of benzene rings is 8. The van der Waals surface area contributed by atoms with E-state index >= 15 is 0 Å². The lowest BCUT2D eigenvalue weighted by Gasteiger charge is -2.56. The second kappa shape index (κ2) is 14.1. The Morgan fingerprint density at radius 3 is 1.31 bits per heavy atom. The molecule has 4 aliphatic carbocycles. The fraction of sp³-hybridized carbons (Fsp3) is 0.164. The number of para-hydroxylation sites is 5. The van der Waals surface area contributed by atoms with Crippen molar-refractivity contribution in [1.82, 2.24) is 28.7 Å². The Labute approximate surface area is 387 Å². The van der Waals surface area contributed by atoms with E-state index in [0.29, 0.717) is 0 Å². The van der Waals surface area contributed by atoms with Crippen molar-refractivity contribution in [2.75, 3.05) is 0 Å². The molecule has 4 saturated carbocycles. The predicted molar refractivity (Wildman–Crippen MR) is 274 cm³/mol. The van der Waals surface area contributed by atoms with Gasteiger partial charge in [0.25, 0.3) is 0 Å². The molecule has 8 aromatic carbocycles. The van der Waals surface area contributed by atoms with Gasteiger partial charge in [-0.3, -0.25) is 0 Å². The van der Waals surface area contributed by atoms with Crippen molar-refractivity contribution in [2.24, 2.45) is 17.8 Å². The Hall–Kier alpha value is -7.83. The maximum Gasteiger partial charge on any atom is 0.163 e. The summed E-state index contributed by atoms with van der Waals surface area (Å²) in [5.74, 6) is 4.87. The Kier molecular flexibility index (Phi) is 7.86. The summed E-state index contributed by atoms with van der Waals surface area (Å²) in [6, 6.07) is 68.3. The van der Waals surface area contributed by atoms with Crippen molar-refractivity contribution in [3.63, 3.8) is 0 Å². The van der Waals surface area contributed by atoms with Crippen LogP contribution in [0.15, 0.2) is 188 Å². The molecule has 6 nitrogen and oxygen atoms in total. The van der Waals surface area contributed by atoms with Gasteiger partial charge in [-0.25, -0.2) is 15.0 Å². The summed E-state index contributed by atoms with van der Waals surface area (Å²) in [4.78, 5) is 16.3. The zero-order valence-corrected chi connectivity index (χ0v) is 37.1. The zero-order chi connectivity index (χ0) is 43.8. The van der Waals surface area contributed by atoms with E-state index in [1.807, 2.05) is 0 Å². The highest BCUT2D eigenvalue weighted by molar-refractivity contribution is 6.40. The molecule has 0 atom stereocenters. The van der Waals surface area contributed by atoms with Crippen LogP contribution in [-0.2, 0) is 5.41 Å². The molecule has 320 valence electrons. The van der Waals surface area contributed by atoms with E-state index in [9.17, 15) is 0 Å². The lowest BCUT2D eigenvalue weighted by molar-refractivity contribution is -0.00938. The monoisotopic (exact) mass is 862 g/mol. The fourth-order valence-electron chi connectivity index (χ4n) is 13.7. The van der Waals surface area contributed by atoms with Crippen molar-refractivity contribution in [2.45, 2.75) is 43.9 Å². The first-order valence-electron chi connectivity index (χ1n) is 24.1. The van der Waals surface area contributed by atoms with Gasteiger partial charge in [-0.05, 0) is 111 Å². The van der Waals surface area contributed by atoms with Gasteiger partial charge in [0.2, 0.25) is 0 Å². The molecule has 4 aromatic heterocycles. The minimum atomic E-state index is 0.0172. The number of hydrogen-bond donors (Lipinski definition) is 0. The van der Waals surface area contributed by atoms with Crippen LogP contribution in [0.2, 0.25) is 0 Å². The summed E-state index contributed by atoms with van der Waals surface area (Å²) in [7, 11) is 0. The molecule has 0 aliphatic heterocycles. The maximum atomic E-state index is 5.56. The summed E-state index contributed by atoms with van der Waals surface area (Å²) in [6.45, 7) is 0. The van der Waals surface area contributed by atoms with E-state index in [1.165, 1.54) is 98.4 Å². The molecule has 4 aliphatic rings. The van der Waals surface area contributed by atoms with E-state index in [2.05, 4.69) is 202 Å². The fourth-order valence-corrected chi connectivity index (χ4v) is 13.7. The van der Waals surface area contributed by atoms with Crippen molar-refractivity contribution in [3.05, 3.63) is 194 Å². The molecule has 0 spiro atoms. The smallest absolute Gasteiger partial charge is 0.163 e. The minimum Gasteiger partial charge on any atom is -0.308 e. The van der Waals surface area contributed by atoms with E-state index in [-0.39, 0.29) is 5.41 Å². The molecular weight excluding hydrogens is 817 g/mol. The largest absolute Gasteiger partial charge is 0.308 e. The molecule has 12 aromatic rings. The van der Waals surface area contributed by atoms with Gasteiger partial charge < -0.3 is 13.7 Å². The van der Waals surface area contributed by atoms with Gasteiger partial charge in [-0.2, -0.15) is 0 Å². The first-order valence-corrected chi connectivity index (χ1v) is 24.1. The molecule has 0 N–H and O–H groups in total. The molecule has 0 radical (unpaired) electrons. The van der Waals surface area contributed by atoms with Gasteiger partial charge in [0, 0.05) is 65.9 Å². The third-order valence-electron chi connectivity index (χ3n) is 15.9. The van der Waals surface area contributed by atoms with Crippen LogP contribution in [0.25, 0.3) is 105 Å². The second-order valence-corrected chi connectivity index (χ2v) is 19.8. The van der Waals surface area contributed by atoms with Gasteiger partial charge in [0.1, 0.15) is 5.82 Å². The van der Waals surface area contributed by atoms with Gasteiger partial charge in [-0.1, -0.05) is 133 Å². The summed E-state index contributed by atoms with van der Waals surface area (Å²) in [5.41, 5.74) is 12.5. The van der Waals surface area contributed by atoms with Crippen LogP contribution >= 0.6 is 0 Å². The number of nitrogens with zero attached hydrogens (tertiary/aromatic N) is 6. The molecular formula is C61H46N6. The maximum absolute atomic E-state index is 5.56. The van der Waals surface area contributed by atoms with E-state index in [1.54, 1.807) is 0 Å². The average molecular weight is 863 g/mol. The molecule has 6 heteroatoms. The topological polar surface area (TPSA) is 53.5 Å². The highest BCUT2D eigenvalue weighted by atomic mass is 15.1. The van der Waals surface area contributed by atoms with Crippen molar-refractivity contribution < 1.29 is 0 Å². The van der Waals surface area contributed by atoms with Crippen LogP contribution in [0.4, 0.5) is 0 Å². The standard InChI is InChI=1S/C61H46N6/c1-4-17-41(18-5-1)58-62-59(64-60(63-58)61-35-38-31-39(36-61)33-40(32-38)37-61)42-19-16-24-45(34-42)67-50-29-14-10-25-46(50)52-53-47-26-11-13-28-49(47)65(43-20-6-2-7-21-43)56(53)57-54(55(52)67)48-27-12-15-30-51(48)66(57)44-22-8-3-9-23-44/h1-30,34,38-40H,31-33,35-37H2. The van der Waals surface area contributed by atoms with Crippen LogP contribution < -0.4 is 0 Å². The van der Waals surface area contributed by atoms with Gasteiger partial charge >= 0.3 is 0 Å². The SMILES string of the molecule is c1ccc(-c2nc(-c3cccc(-n4c5ccccc5c5c6c7ccccc7n(-c7ccccc7)c6c6c(c7ccccc7n6-c6ccccc6)c54)c3)nc(C34CC5CC(CC(C5)C3)C4)n2)cc1. The van der Waals surface area contributed by atoms with Crippen LogP contribution in [0.5, 0.6) is 0 Å². The van der Waals surface area contributed by atoms with Gasteiger partial charge in [0.15, 0.2) is 11.6 Å². The summed E-state index contributed by atoms with van der Waals surface area (Å²) in [6.07, 6.45) is 7.71. The third-order valence-corrected chi connectivity index (χ3v) is 15.9. The molecule has 0 unspecified atom stereocenters. The molecule has 0 saturated heterocycles. The van der Waals surface area contributed by atoms with Crippen LogP contribution in [0, 0.1) is 17.8 Å². The highest BCUT2D eigenvalue weighted by Gasteiger charge is 2.53. The lowest BCUT2D eigenvalue weighted by atomic mass is 9.49. The Bertz CT molecular complexity index is 3920. The number of hydrogen-bond acceptors (Lipinski definition) is 3. The predicted octanol–water partition coefficient (Wildman–Crippen LogP) is 15.0. The van der Waals surface area contributed by atoms with Crippen molar-refractivity contribution in [3.8, 4) is 39.8 Å².